The third-order valence-electron chi connectivity index (χ3n) is 1.63. The third-order valence-corrected chi connectivity index (χ3v) is 1.63. The number of nitrogens with one attached hydrogen (secondary N) is 2. The van der Waals surface area contributed by atoms with Gasteiger partial charge in [0.05, 0.1) is 12.5 Å². The first kappa shape index (κ1) is 12.7. The van der Waals surface area contributed by atoms with Gasteiger partial charge in [-0.05, 0) is 6.42 Å². The highest BCUT2D eigenvalue weighted by atomic mass is 16.1. The van der Waals surface area contributed by atoms with Crippen LogP contribution >= 0.6 is 0 Å². The molecule has 0 saturated carbocycles. The molecule has 0 heterocycles. The second-order valence-electron chi connectivity index (χ2n) is 2.93. The molecule has 0 aliphatic carbocycles. The number of nitrogens with zero attached hydrogens (tertiary/aromatic N) is 1. The average molecular weight is 195 g/mol. The number of carbonyl (C=O) groups is 1. The molecule has 4 nitrogen and oxygen atoms in total. The number of hydrogen-bond acceptors (Lipinski definition) is 3. The van der Waals surface area contributed by atoms with E-state index < -0.39 is 6.04 Å². The van der Waals surface area contributed by atoms with Crippen LogP contribution in [0.25, 0.3) is 0 Å². The van der Waals surface area contributed by atoms with E-state index in [0.29, 0.717) is 13.1 Å². The lowest BCUT2D eigenvalue weighted by molar-refractivity contribution is -0.121. The Labute approximate surface area is 85.0 Å². The van der Waals surface area contributed by atoms with Crippen molar-refractivity contribution in [3.05, 3.63) is 12.7 Å². The lowest BCUT2D eigenvalue weighted by Crippen LogP contribution is -2.35. The summed E-state index contributed by atoms with van der Waals surface area (Å²) in [6.45, 7) is 6.71. The molecule has 0 aromatic heterocycles. The molecule has 0 rings (SSSR count). The van der Waals surface area contributed by atoms with Crippen LogP contribution in [-0.4, -0.2) is 25.0 Å². The first-order valence-corrected chi connectivity index (χ1v) is 4.75. The number of nitriles is 1. The van der Waals surface area contributed by atoms with Gasteiger partial charge >= 0.3 is 0 Å². The van der Waals surface area contributed by atoms with Crippen molar-refractivity contribution in [2.75, 3.05) is 13.1 Å². The van der Waals surface area contributed by atoms with E-state index in [1.165, 1.54) is 0 Å². The van der Waals surface area contributed by atoms with E-state index in [2.05, 4.69) is 17.2 Å². The molecule has 0 saturated heterocycles. The van der Waals surface area contributed by atoms with Gasteiger partial charge < -0.3 is 5.32 Å². The fourth-order valence-electron chi connectivity index (χ4n) is 0.911. The van der Waals surface area contributed by atoms with Crippen molar-refractivity contribution in [2.45, 2.75) is 25.8 Å². The maximum atomic E-state index is 11.2. The summed E-state index contributed by atoms with van der Waals surface area (Å²) < 4.78 is 0. The van der Waals surface area contributed by atoms with E-state index in [-0.39, 0.29) is 12.3 Å². The van der Waals surface area contributed by atoms with Crippen molar-refractivity contribution in [1.29, 1.82) is 5.26 Å². The van der Waals surface area contributed by atoms with Crippen molar-refractivity contribution in [2.24, 2.45) is 0 Å². The summed E-state index contributed by atoms with van der Waals surface area (Å²) in [6.07, 6.45) is 2.77. The second kappa shape index (κ2) is 8.27. The van der Waals surface area contributed by atoms with Gasteiger partial charge in [0.2, 0.25) is 5.91 Å². The number of carbonyl (C=O) groups excluding carboxylic acids is 1. The van der Waals surface area contributed by atoms with Gasteiger partial charge in [-0.15, -0.1) is 6.58 Å². The summed E-state index contributed by atoms with van der Waals surface area (Å²) in [5.41, 5.74) is 0. The molecule has 0 bridgehead atoms. The number of hydrogen-bond donors (Lipinski definition) is 2. The lowest BCUT2D eigenvalue weighted by Gasteiger charge is -2.09. The molecular formula is C10H17N3O. The molecule has 1 atom stereocenters. The largest absolute Gasteiger partial charge is 0.356 e. The zero-order chi connectivity index (χ0) is 10.8. The molecule has 14 heavy (non-hydrogen) atoms. The molecular weight excluding hydrogens is 178 g/mol. The summed E-state index contributed by atoms with van der Waals surface area (Å²) in [5, 5.41) is 14.3. The minimum absolute atomic E-state index is 0.0880. The van der Waals surface area contributed by atoms with Crippen molar-refractivity contribution in [3.63, 3.8) is 0 Å². The van der Waals surface area contributed by atoms with E-state index in [1.807, 2.05) is 13.0 Å². The molecule has 78 valence electrons. The Bertz CT molecular complexity index is 220. The van der Waals surface area contributed by atoms with Crippen molar-refractivity contribution >= 4 is 5.91 Å². The van der Waals surface area contributed by atoms with Gasteiger partial charge in [-0.2, -0.15) is 5.26 Å². The van der Waals surface area contributed by atoms with Crippen LogP contribution in [0.4, 0.5) is 0 Å². The third kappa shape index (κ3) is 6.21. The Morgan fingerprint density at radius 2 is 2.43 bits per heavy atom. The smallest absolute Gasteiger partial charge is 0.222 e. The summed E-state index contributed by atoms with van der Waals surface area (Å²) in [6, 6.07) is 1.60. The monoisotopic (exact) mass is 195 g/mol. The van der Waals surface area contributed by atoms with Gasteiger partial charge in [0.1, 0.15) is 6.04 Å². The van der Waals surface area contributed by atoms with Crippen molar-refractivity contribution in [1.82, 2.24) is 10.6 Å². The molecule has 1 amide bonds. The second-order valence-corrected chi connectivity index (χ2v) is 2.93. The summed E-state index contributed by atoms with van der Waals surface area (Å²) in [4.78, 5) is 11.2. The van der Waals surface area contributed by atoms with Crippen LogP contribution in [0, 0.1) is 11.3 Å². The Morgan fingerprint density at radius 3 is 2.93 bits per heavy atom. The minimum atomic E-state index is -0.426. The molecule has 0 fully saturated rings. The van der Waals surface area contributed by atoms with Gasteiger partial charge in [0, 0.05) is 13.1 Å². The standard InChI is InChI=1S/C10H17N3O/c1-3-5-12-9(8-11)7-10(14)13-6-4-2/h3,9,12H,1,4-7H2,2H3,(H,13,14). The first-order valence-electron chi connectivity index (χ1n) is 4.75. The number of rotatable bonds is 7. The summed E-state index contributed by atoms with van der Waals surface area (Å²) in [7, 11) is 0. The quantitative estimate of drug-likeness (QED) is 0.584. The highest BCUT2D eigenvalue weighted by molar-refractivity contribution is 5.76. The molecule has 0 spiro atoms. The van der Waals surface area contributed by atoms with Crippen LogP contribution in [0.5, 0.6) is 0 Å². The Kier molecular flexibility index (Phi) is 7.48. The Balaban J connectivity index is 3.75. The van der Waals surface area contributed by atoms with E-state index in [9.17, 15) is 4.79 Å². The average Bonchev–Trinajstić information content (AvgIpc) is 2.21. The maximum Gasteiger partial charge on any atom is 0.222 e. The Hall–Kier alpha value is -1.34. The topological polar surface area (TPSA) is 64.9 Å². The fourth-order valence-corrected chi connectivity index (χ4v) is 0.911. The Morgan fingerprint density at radius 1 is 1.71 bits per heavy atom. The van der Waals surface area contributed by atoms with Gasteiger partial charge in [-0.3, -0.25) is 10.1 Å². The molecule has 0 aromatic rings. The summed E-state index contributed by atoms with van der Waals surface area (Å²) >= 11 is 0. The number of amides is 1. The highest BCUT2D eigenvalue weighted by Crippen LogP contribution is 1.90. The normalized spacial score (nSPS) is 11.4. The zero-order valence-corrected chi connectivity index (χ0v) is 8.55. The molecule has 0 aliphatic heterocycles. The fraction of sp³-hybridized carbons (Fsp3) is 0.600. The van der Waals surface area contributed by atoms with Crippen LogP contribution in [0.2, 0.25) is 0 Å². The molecule has 0 radical (unpaired) electrons. The summed E-state index contributed by atoms with van der Waals surface area (Å²) in [5.74, 6) is -0.0880. The van der Waals surface area contributed by atoms with E-state index in [4.69, 9.17) is 5.26 Å². The van der Waals surface area contributed by atoms with Crippen LogP contribution in [0.1, 0.15) is 19.8 Å². The highest BCUT2D eigenvalue weighted by Gasteiger charge is 2.10. The minimum Gasteiger partial charge on any atom is -0.356 e. The van der Waals surface area contributed by atoms with Gasteiger partial charge in [-0.1, -0.05) is 13.0 Å². The van der Waals surface area contributed by atoms with Crippen LogP contribution in [0.15, 0.2) is 12.7 Å². The van der Waals surface area contributed by atoms with E-state index >= 15 is 0 Å². The molecule has 4 heteroatoms. The molecule has 1 unspecified atom stereocenters. The SMILES string of the molecule is C=CCNC(C#N)CC(=O)NCCC. The van der Waals surface area contributed by atoms with Gasteiger partial charge in [0.15, 0.2) is 0 Å². The van der Waals surface area contributed by atoms with Crippen molar-refractivity contribution < 1.29 is 4.79 Å². The van der Waals surface area contributed by atoms with E-state index in [0.717, 1.165) is 6.42 Å². The van der Waals surface area contributed by atoms with Gasteiger partial charge in [-0.25, -0.2) is 0 Å². The first-order chi connectivity index (χ1) is 6.74. The van der Waals surface area contributed by atoms with Gasteiger partial charge in [0.25, 0.3) is 0 Å². The van der Waals surface area contributed by atoms with E-state index in [1.54, 1.807) is 6.08 Å². The zero-order valence-electron chi connectivity index (χ0n) is 8.55. The molecule has 0 aliphatic rings. The van der Waals surface area contributed by atoms with Crippen LogP contribution in [-0.2, 0) is 4.79 Å². The maximum absolute atomic E-state index is 11.2. The van der Waals surface area contributed by atoms with Crippen molar-refractivity contribution in [3.8, 4) is 6.07 Å². The molecule has 2 N–H and O–H groups in total. The predicted octanol–water partition coefficient (Wildman–Crippen LogP) is 0.570. The molecule has 0 aromatic carbocycles. The van der Waals surface area contributed by atoms with Crippen LogP contribution in [0.3, 0.4) is 0 Å². The lowest BCUT2D eigenvalue weighted by atomic mass is 10.2. The predicted molar refractivity (Wildman–Crippen MR) is 55.5 cm³/mol. The van der Waals surface area contributed by atoms with Crippen LogP contribution < -0.4 is 10.6 Å².